The third-order valence-corrected chi connectivity index (χ3v) is 5.43. The van der Waals surface area contributed by atoms with Crippen molar-refractivity contribution in [1.29, 1.82) is 0 Å². The minimum absolute atomic E-state index is 0.173. The number of hydrogen-bond donors (Lipinski definition) is 0. The first kappa shape index (κ1) is 22.3. The van der Waals surface area contributed by atoms with Crippen molar-refractivity contribution in [2.45, 2.75) is 0 Å². The molecule has 0 spiro atoms. The molecule has 10 nitrogen and oxygen atoms in total. The van der Waals surface area contributed by atoms with E-state index in [9.17, 15) is 14.9 Å². The second-order valence-electron chi connectivity index (χ2n) is 7.18. The van der Waals surface area contributed by atoms with Crippen LogP contribution in [0.15, 0.2) is 54.9 Å². The van der Waals surface area contributed by atoms with Gasteiger partial charge >= 0.3 is 17.5 Å². The molecule has 0 atom stereocenters. The van der Waals surface area contributed by atoms with Crippen LogP contribution in [0.2, 0.25) is 5.02 Å². The van der Waals surface area contributed by atoms with Crippen LogP contribution < -0.4 is 14.5 Å². The van der Waals surface area contributed by atoms with Gasteiger partial charge in [0.1, 0.15) is 12.1 Å². The lowest BCUT2D eigenvalue weighted by atomic mass is 10.2. The monoisotopic (exact) mass is 469 g/mol. The minimum atomic E-state index is -0.545. The molecule has 11 heteroatoms. The Kier molecular flexibility index (Phi) is 6.55. The predicted octanol–water partition coefficient (Wildman–Crippen LogP) is 3.94. The third kappa shape index (κ3) is 4.96. The van der Waals surface area contributed by atoms with Crippen molar-refractivity contribution >= 4 is 34.8 Å². The Bertz CT molecular complexity index is 1170. The minimum Gasteiger partial charge on any atom is -0.465 e. The third-order valence-electron chi connectivity index (χ3n) is 5.19. The maximum absolute atomic E-state index is 11.9. The molecule has 1 aliphatic heterocycles. The lowest BCUT2D eigenvalue weighted by molar-refractivity contribution is -0.385. The maximum Gasteiger partial charge on any atom is 0.373 e. The number of nitro groups is 1. The van der Waals surface area contributed by atoms with Crippen molar-refractivity contribution in [3.63, 3.8) is 0 Å². The summed E-state index contributed by atoms with van der Waals surface area (Å²) in [6.07, 6.45) is 1.24. The number of halogens is 1. The van der Waals surface area contributed by atoms with Gasteiger partial charge in [0.2, 0.25) is 5.82 Å². The van der Waals surface area contributed by atoms with Crippen LogP contribution in [0.25, 0.3) is 0 Å². The molecule has 1 fully saturated rings. The van der Waals surface area contributed by atoms with E-state index in [1.54, 1.807) is 0 Å². The second-order valence-corrected chi connectivity index (χ2v) is 7.62. The van der Waals surface area contributed by atoms with E-state index in [4.69, 9.17) is 16.3 Å². The number of rotatable bonds is 6. The summed E-state index contributed by atoms with van der Waals surface area (Å²) in [6, 6.07) is 13.6. The molecule has 2 aromatic carbocycles. The Morgan fingerprint density at radius 1 is 1.06 bits per heavy atom. The summed E-state index contributed by atoms with van der Waals surface area (Å²) in [6.45, 7) is 2.34. The second kappa shape index (κ2) is 9.70. The fourth-order valence-electron chi connectivity index (χ4n) is 3.56. The van der Waals surface area contributed by atoms with Crippen LogP contribution in [-0.2, 0) is 4.74 Å². The molecule has 1 saturated heterocycles. The van der Waals surface area contributed by atoms with Gasteiger partial charge < -0.3 is 19.3 Å². The van der Waals surface area contributed by atoms with Gasteiger partial charge in [-0.2, -0.15) is 4.98 Å². The molecule has 0 bridgehead atoms. The Balaban J connectivity index is 1.53. The lowest BCUT2D eigenvalue weighted by Crippen LogP contribution is -2.47. The van der Waals surface area contributed by atoms with Gasteiger partial charge in [0, 0.05) is 36.9 Å². The number of piperazine rings is 1. The van der Waals surface area contributed by atoms with Gasteiger partial charge in [-0.3, -0.25) is 10.1 Å². The molecule has 33 heavy (non-hydrogen) atoms. The van der Waals surface area contributed by atoms with Gasteiger partial charge in [0.15, 0.2) is 0 Å². The van der Waals surface area contributed by atoms with Crippen LogP contribution in [0.5, 0.6) is 11.6 Å². The molecule has 0 N–H and O–H groups in total. The van der Waals surface area contributed by atoms with Gasteiger partial charge in [-0.1, -0.05) is 17.7 Å². The summed E-state index contributed by atoms with van der Waals surface area (Å²) in [7, 11) is 1.29. The Hall–Kier alpha value is -3.92. The van der Waals surface area contributed by atoms with E-state index in [-0.39, 0.29) is 17.4 Å². The standard InChI is InChI=1S/C22H20ClN5O5/c1-32-22(29)15-5-7-18(8-6-15)33-21-19(28(30)31)20(24-14-25-21)27-11-9-26(10-12-27)17-4-2-3-16(23)13-17/h2-8,13-14H,9-12H2,1H3. The molecule has 170 valence electrons. The van der Waals surface area contributed by atoms with E-state index >= 15 is 0 Å². The fourth-order valence-corrected chi connectivity index (χ4v) is 3.74. The van der Waals surface area contributed by atoms with Gasteiger partial charge in [-0.25, -0.2) is 9.78 Å². The van der Waals surface area contributed by atoms with Gasteiger partial charge in [0.25, 0.3) is 0 Å². The van der Waals surface area contributed by atoms with Crippen LogP contribution in [0.3, 0.4) is 0 Å². The summed E-state index contributed by atoms with van der Waals surface area (Å²) >= 11 is 6.09. The molecule has 0 saturated carbocycles. The van der Waals surface area contributed by atoms with Crippen molar-refractivity contribution in [1.82, 2.24) is 9.97 Å². The van der Waals surface area contributed by atoms with Gasteiger partial charge in [-0.05, 0) is 42.5 Å². The predicted molar refractivity (Wildman–Crippen MR) is 122 cm³/mol. The highest BCUT2D eigenvalue weighted by Crippen LogP contribution is 2.36. The molecular formula is C22H20ClN5O5. The molecule has 0 aliphatic carbocycles. The number of benzene rings is 2. The quantitative estimate of drug-likeness (QED) is 0.301. The Morgan fingerprint density at radius 2 is 1.76 bits per heavy atom. The summed E-state index contributed by atoms with van der Waals surface area (Å²) < 4.78 is 10.3. The number of aromatic nitrogens is 2. The lowest BCUT2D eigenvalue weighted by Gasteiger charge is -2.36. The zero-order valence-electron chi connectivity index (χ0n) is 17.7. The normalized spacial score (nSPS) is 13.5. The highest BCUT2D eigenvalue weighted by molar-refractivity contribution is 6.30. The van der Waals surface area contributed by atoms with Crippen molar-refractivity contribution in [2.24, 2.45) is 0 Å². The highest BCUT2D eigenvalue weighted by atomic mass is 35.5. The van der Waals surface area contributed by atoms with Crippen molar-refractivity contribution in [3.05, 3.63) is 75.6 Å². The zero-order chi connectivity index (χ0) is 23.4. The Labute approximate surface area is 194 Å². The highest BCUT2D eigenvalue weighted by Gasteiger charge is 2.30. The summed E-state index contributed by atoms with van der Waals surface area (Å²) in [5.74, 6) is -0.176. The van der Waals surface area contributed by atoms with Crippen LogP contribution in [0.4, 0.5) is 17.2 Å². The first-order chi connectivity index (χ1) is 16.0. The molecule has 4 rings (SSSR count). The van der Waals surface area contributed by atoms with E-state index < -0.39 is 10.9 Å². The fraction of sp³-hybridized carbons (Fsp3) is 0.227. The topological polar surface area (TPSA) is 111 Å². The molecule has 0 unspecified atom stereocenters. The largest absolute Gasteiger partial charge is 0.465 e. The Morgan fingerprint density at radius 3 is 2.39 bits per heavy atom. The summed E-state index contributed by atoms with van der Waals surface area (Å²) in [5.41, 5.74) is 1.02. The number of ether oxygens (including phenoxy) is 2. The first-order valence-corrected chi connectivity index (χ1v) is 10.4. The van der Waals surface area contributed by atoms with Crippen LogP contribution in [0, 0.1) is 10.1 Å². The van der Waals surface area contributed by atoms with Crippen LogP contribution in [0.1, 0.15) is 10.4 Å². The molecule has 1 aliphatic rings. The zero-order valence-corrected chi connectivity index (χ0v) is 18.4. The SMILES string of the molecule is COC(=O)c1ccc(Oc2ncnc(N3CCN(c4cccc(Cl)c4)CC3)c2[N+](=O)[O-])cc1. The first-order valence-electron chi connectivity index (χ1n) is 10.1. The van der Waals surface area contributed by atoms with E-state index in [2.05, 4.69) is 19.6 Å². The number of nitrogens with zero attached hydrogens (tertiary/aromatic N) is 5. The van der Waals surface area contributed by atoms with Crippen molar-refractivity contribution in [3.8, 4) is 11.6 Å². The van der Waals surface area contributed by atoms with Crippen molar-refractivity contribution < 1.29 is 19.2 Å². The number of hydrogen-bond acceptors (Lipinski definition) is 9. The molecule has 0 radical (unpaired) electrons. The summed E-state index contributed by atoms with van der Waals surface area (Å²) in [5, 5.41) is 12.6. The number of carbonyl (C=O) groups is 1. The van der Waals surface area contributed by atoms with Crippen molar-refractivity contribution in [2.75, 3.05) is 43.1 Å². The number of methoxy groups -OCH3 is 1. The van der Waals surface area contributed by atoms with E-state index in [1.807, 2.05) is 29.2 Å². The average Bonchev–Trinajstić information content (AvgIpc) is 2.84. The van der Waals surface area contributed by atoms with Gasteiger partial charge in [-0.15, -0.1) is 0 Å². The number of carbonyl (C=O) groups excluding carboxylic acids is 1. The van der Waals surface area contributed by atoms with Crippen LogP contribution >= 0.6 is 11.6 Å². The van der Waals surface area contributed by atoms with Gasteiger partial charge in [0.05, 0.1) is 17.6 Å². The van der Waals surface area contributed by atoms with Crippen LogP contribution in [-0.4, -0.2) is 54.1 Å². The number of esters is 1. The smallest absolute Gasteiger partial charge is 0.373 e. The molecule has 0 amide bonds. The van der Waals surface area contributed by atoms with E-state index in [1.165, 1.54) is 37.7 Å². The molecular weight excluding hydrogens is 450 g/mol. The molecule has 1 aromatic heterocycles. The molecule has 3 aromatic rings. The van der Waals surface area contributed by atoms with E-state index in [0.29, 0.717) is 42.5 Å². The van der Waals surface area contributed by atoms with E-state index in [0.717, 1.165) is 5.69 Å². The molecule has 2 heterocycles. The summed E-state index contributed by atoms with van der Waals surface area (Å²) in [4.78, 5) is 35.1. The number of anilines is 2. The average molecular weight is 470 g/mol. The maximum atomic E-state index is 11.9.